The Bertz CT molecular complexity index is 2300. The molecule has 0 spiro atoms. The van der Waals surface area contributed by atoms with Gasteiger partial charge in [-0.25, -0.2) is 87.8 Å². The van der Waals surface area contributed by atoms with Gasteiger partial charge in [-0.1, -0.05) is 71.9 Å². The lowest BCUT2D eigenvalue weighted by molar-refractivity contribution is 0.102. The zero-order valence-electron chi connectivity index (χ0n) is 35.4. The number of ketones is 1. The van der Waals surface area contributed by atoms with Crippen LogP contribution in [0.2, 0.25) is 0 Å². The zero-order valence-corrected chi connectivity index (χ0v) is 36.3. The lowest BCUT2D eigenvalue weighted by atomic mass is 9.12. The van der Waals surface area contributed by atoms with Crippen LogP contribution in [-0.2, 0) is 0 Å². The van der Waals surface area contributed by atoms with Crippen molar-refractivity contribution in [2.24, 2.45) is 17.8 Å². The molecule has 0 fully saturated rings. The van der Waals surface area contributed by atoms with Gasteiger partial charge >= 0.3 is 0 Å². The number of Topliss-reactive ketones (excluding diaryl/α,β-unsaturated/α-hetero) is 1. The molecule has 0 N–H and O–H groups in total. The van der Waals surface area contributed by atoms with Crippen molar-refractivity contribution in [3.8, 4) is 0 Å². The molecule has 0 radical (unpaired) electrons. The van der Waals surface area contributed by atoms with Gasteiger partial charge in [0.1, 0.15) is 58.8 Å². The van der Waals surface area contributed by atoms with E-state index in [2.05, 4.69) is 41.5 Å². The number of benzene rings is 5. The first kappa shape index (κ1) is 54.5. The number of halogens is 20. The number of carbonyl (C=O) groups is 1. The highest BCUT2D eigenvalue weighted by Crippen LogP contribution is 2.62. The standard InChI is InChI=1S/C24BF20.C20H34OP/c26-5-1(6(27)14(35)21(42)13(5)34)25(2-7(28)15(36)22(43)16(37)8(2)29,3-9(30)17(38)23(44)18(39)10(3)31)4-11(32)19(40)24(45)20(41)12(4)33;1-16(2)12-22(13-17(3)4,14-18(5)6)15-20(21)19-10-8-7-9-11-19/h;7-11,16-18H,12-15H2,1-6H3/q-1;+1. The summed E-state index contributed by atoms with van der Waals surface area (Å²) in [5.74, 6) is -69.0. The summed E-state index contributed by atoms with van der Waals surface area (Å²) in [6.45, 7) is 13.8. The number of carbonyl (C=O) groups excluding carboxylic acids is 1. The molecular formula is C44H34BF20OP. The van der Waals surface area contributed by atoms with Gasteiger partial charge in [-0.2, -0.15) is 0 Å². The van der Waals surface area contributed by atoms with Crippen LogP contribution in [0, 0.1) is 134 Å². The Balaban J connectivity index is 0.000000374. The average Bonchev–Trinajstić information content (AvgIpc) is 3.25. The summed E-state index contributed by atoms with van der Waals surface area (Å²) in [4.78, 5) is 12.8. The number of rotatable bonds is 13. The van der Waals surface area contributed by atoms with Crippen LogP contribution in [0.15, 0.2) is 30.3 Å². The number of hydrogen-bond donors (Lipinski definition) is 0. The van der Waals surface area contributed by atoms with Crippen molar-refractivity contribution in [3.05, 3.63) is 152 Å². The predicted octanol–water partition coefficient (Wildman–Crippen LogP) is 11.7. The monoisotopic (exact) mass is 1000 g/mol. The Morgan fingerprint density at radius 1 is 0.358 bits per heavy atom. The molecule has 364 valence electrons. The summed E-state index contributed by atoms with van der Waals surface area (Å²) < 4.78 is 294. The van der Waals surface area contributed by atoms with Gasteiger partial charge in [-0.05, 0) is 17.8 Å². The molecule has 0 atom stereocenters. The van der Waals surface area contributed by atoms with Crippen molar-refractivity contribution < 1.29 is 92.6 Å². The van der Waals surface area contributed by atoms with Gasteiger partial charge in [0, 0.05) is 12.8 Å². The van der Waals surface area contributed by atoms with E-state index in [1.165, 1.54) is 18.5 Å². The highest BCUT2D eigenvalue weighted by atomic mass is 31.2. The fraction of sp³-hybridized carbons (Fsp3) is 0.295. The van der Waals surface area contributed by atoms with Crippen molar-refractivity contribution in [3.63, 3.8) is 0 Å². The minimum absolute atomic E-state index is 0.357. The van der Waals surface area contributed by atoms with Crippen LogP contribution in [0.4, 0.5) is 87.8 Å². The molecule has 23 heteroatoms. The molecule has 67 heavy (non-hydrogen) atoms. The second-order valence-electron chi connectivity index (χ2n) is 16.8. The van der Waals surface area contributed by atoms with Gasteiger partial charge in [0.05, 0.1) is 18.5 Å². The Labute approximate surface area is 369 Å². The highest BCUT2D eigenvalue weighted by Gasteiger charge is 2.52. The predicted molar refractivity (Wildman–Crippen MR) is 211 cm³/mol. The molecule has 0 aliphatic rings. The lowest BCUT2D eigenvalue weighted by Gasteiger charge is -2.44. The van der Waals surface area contributed by atoms with E-state index < -0.39 is 152 Å². The maximum Gasteiger partial charge on any atom is 0.200 e. The molecule has 0 unspecified atom stereocenters. The molecular weight excluding hydrogens is 966 g/mol. The van der Waals surface area contributed by atoms with E-state index in [1.54, 1.807) is 0 Å². The van der Waals surface area contributed by atoms with Gasteiger partial charge in [0.15, 0.2) is 75.6 Å². The van der Waals surface area contributed by atoms with Gasteiger partial charge in [-0.15, -0.1) is 21.9 Å². The Morgan fingerprint density at radius 2 is 0.552 bits per heavy atom. The SMILES string of the molecule is CC(C)C[P+](CC(=O)c1ccccc1)(CC(C)C)CC(C)C.Fc1c(F)c(F)c([B-](c2c(F)c(F)c(F)c(F)c2F)(c2c(F)c(F)c(F)c(F)c2F)c2c(F)c(F)c(F)c(F)c2F)c(F)c1F. The normalized spacial score (nSPS) is 12.1. The molecule has 5 aromatic carbocycles. The molecule has 5 rings (SSSR count). The highest BCUT2D eigenvalue weighted by molar-refractivity contribution is 7.76. The van der Waals surface area contributed by atoms with E-state index in [4.69, 9.17) is 0 Å². The second-order valence-corrected chi connectivity index (χ2v) is 20.9. The van der Waals surface area contributed by atoms with Crippen LogP contribution in [0.5, 0.6) is 0 Å². The molecule has 0 aliphatic carbocycles. The van der Waals surface area contributed by atoms with Gasteiger partial charge < -0.3 is 0 Å². The smallest absolute Gasteiger partial charge is 0.200 e. The van der Waals surface area contributed by atoms with Crippen molar-refractivity contribution in [1.82, 2.24) is 0 Å². The molecule has 0 heterocycles. The van der Waals surface area contributed by atoms with E-state index in [0.717, 1.165) is 11.7 Å². The first-order valence-electron chi connectivity index (χ1n) is 19.6. The molecule has 0 bridgehead atoms. The first-order chi connectivity index (χ1) is 30.9. The summed E-state index contributed by atoms with van der Waals surface area (Å²) in [5, 5.41) is 0. The number of hydrogen-bond acceptors (Lipinski definition) is 1. The average molecular weight is 1000 g/mol. The Morgan fingerprint density at radius 3 is 0.746 bits per heavy atom. The molecule has 0 saturated heterocycles. The molecule has 0 saturated carbocycles. The first-order valence-corrected chi connectivity index (χ1v) is 22.1. The zero-order chi connectivity index (χ0) is 51.1. The van der Waals surface area contributed by atoms with E-state index in [-0.39, 0.29) is 0 Å². The third kappa shape index (κ3) is 9.78. The molecule has 0 aliphatic heterocycles. The van der Waals surface area contributed by atoms with E-state index in [0.29, 0.717) is 23.5 Å². The third-order valence-electron chi connectivity index (χ3n) is 10.5. The fourth-order valence-corrected chi connectivity index (χ4v) is 14.9. The maximum absolute atomic E-state index is 15.4. The summed E-state index contributed by atoms with van der Waals surface area (Å²) in [5.41, 5.74) is -13.4. The van der Waals surface area contributed by atoms with Crippen molar-refractivity contribution in [2.75, 3.05) is 24.6 Å². The minimum Gasteiger partial charge on any atom is -0.290 e. The second kappa shape index (κ2) is 20.6. The summed E-state index contributed by atoms with van der Waals surface area (Å²) in [7, 11) is -1.24. The van der Waals surface area contributed by atoms with E-state index in [1.807, 2.05) is 30.3 Å². The van der Waals surface area contributed by atoms with E-state index in [9.17, 15) is 57.5 Å². The minimum atomic E-state index is -7.22. The van der Waals surface area contributed by atoms with Crippen LogP contribution < -0.4 is 21.9 Å². The Kier molecular flexibility index (Phi) is 16.8. The van der Waals surface area contributed by atoms with Crippen LogP contribution in [0.25, 0.3) is 0 Å². The molecule has 5 aromatic rings. The molecule has 1 nitrogen and oxygen atoms in total. The van der Waals surface area contributed by atoms with Gasteiger partial charge in [-0.3, -0.25) is 4.79 Å². The van der Waals surface area contributed by atoms with Crippen LogP contribution in [-0.4, -0.2) is 36.6 Å². The lowest BCUT2D eigenvalue weighted by Crippen LogP contribution is -2.81. The van der Waals surface area contributed by atoms with Crippen LogP contribution >= 0.6 is 7.26 Å². The van der Waals surface area contributed by atoms with Crippen LogP contribution in [0.1, 0.15) is 51.9 Å². The maximum atomic E-state index is 15.4. The molecule has 0 amide bonds. The Hall–Kier alpha value is -5.14. The third-order valence-corrected chi connectivity index (χ3v) is 16.0. The van der Waals surface area contributed by atoms with Crippen molar-refractivity contribution in [2.45, 2.75) is 41.5 Å². The largest absolute Gasteiger partial charge is 0.290 e. The quantitative estimate of drug-likeness (QED) is 0.0287. The topological polar surface area (TPSA) is 17.1 Å². The van der Waals surface area contributed by atoms with Crippen molar-refractivity contribution >= 4 is 41.0 Å². The van der Waals surface area contributed by atoms with Gasteiger partial charge in [0.25, 0.3) is 0 Å². The van der Waals surface area contributed by atoms with E-state index >= 15 is 35.1 Å². The summed E-state index contributed by atoms with van der Waals surface area (Å²) in [6, 6.07) is 9.87. The fourth-order valence-electron chi connectivity index (χ4n) is 8.64. The van der Waals surface area contributed by atoms with Crippen LogP contribution in [0.3, 0.4) is 0 Å². The summed E-state index contributed by atoms with van der Waals surface area (Å²) >= 11 is 0. The summed E-state index contributed by atoms with van der Waals surface area (Å²) in [6.07, 6.45) is -2.66. The molecule has 0 aromatic heterocycles. The van der Waals surface area contributed by atoms with Gasteiger partial charge in [0.2, 0.25) is 0 Å². The van der Waals surface area contributed by atoms with Crippen molar-refractivity contribution in [1.29, 1.82) is 0 Å².